The monoisotopic (exact) mass is 278 g/mol. The zero-order valence-corrected chi connectivity index (χ0v) is 12.1. The predicted molar refractivity (Wildman–Crippen MR) is 74.9 cm³/mol. The Balaban J connectivity index is 1.74. The molecule has 1 fully saturated rings. The lowest BCUT2D eigenvalue weighted by molar-refractivity contribution is -0.132. The van der Waals surface area contributed by atoms with Crippen LogP contribution in [0.3, 0.4) is 0 Å². The predicted octanol–water partition coefficient (Wildman–Crippen LogP) is 0.480. The Hall–Kier alpha value is -1.85. The molecule has 1 aliphatic rings. The number of imidazole rings is 1. The SMILES string of the molecule is CC(=O)NC1CCN(C(=O)CCc2nccn2C)CC1. The molecular formula is C14H22N4O2. The second-order valence-corrected chi connectivity index (χ2v) is 5.31. The molecule has 0 spiro atoms. The van der Waals surface area contributed by atoms with Crippen molar-refractivity contribution in [3.05, 3.63) is 18.2 Å². The maximum absolute atomic E-state index is 12.1. The van der Waals surface area contributed by atoms with Gasteiger partial charge in [0.2, 0.25) is 11.8 Å². The fourth-order valence-corrected chi connectivity index (χ4v) is 2.57. The highest BCUT2D eigenvalue weighted by Gasteiger charge is 2.23. The van der Waals surface area contributed by atoms with Crippen molar-refractivity contribution in [1.29, 1.82) is 0 Å². The van der Waals surface area contributed by atoms with Gasteiger partial charge in [-0.1, -0.05) is 0 Å². The molecule has 0 unspecified atom stereocenters. The molecule has 6 nitrogen and oxygen atoms in total. The van der Waals surface area contributed by atoms with Gasteiger partial charge in [-0.3, -0.25) is 9.59 Å². The first-order chi connectivity index (χ1) is 9.56. The number of hydrogen-bond donors (Lipinski definition) is 1. The van der Waals surface area contributed by atoms with Crippen LogP contribution in [0, 0.1) is 0 Å². The van der Waals surface area contributed by atoms with Gasteiger partial charge >= 0.3 is 0 Å². The minimum absolute atomic E-state index is 0.00422. The zero-order valence-electron chi connectivity index (χ0n) is 12.1. The summed E-state index contributed by atoms with van der Waals surface area (Å²) in [5.41, 5.74) is 0. The van der Waals surface area contributed by atoms with Gasteiger partial charge in [0.25, 0.3) is 0 Å². The van der Waals surface area contributed by atoms with Crippen LogP contribution < -0.4 is 5.32 Å². The number of likely N-dealkylation sites (tertiary alicyclic amines) is 1. The lowest BCUT2D eigenvalue weighted by Gasteiger charge is -2.32. The highest BCUT2D eigenvalue weighted by molar-refractivity contribution is 5.76. The van der Waals surface area contributed by atoms with E-state index in [0.29, 0.717) is 12.8 Å². The molecule has 1 saturated heterocycles. The van der Waals surface area contributed by atoms with E-state index < -0.39 is 0 Å². The summed E-state index contributed by atoms with van der Waals surface area (Å²) in [6, 6.07) is 0.214. The maximum atomic E-state index is 12.1. The van der Waals surface area contributed by atoms with Crippen LogP contribution in [-0.2, 0) is 23.1 Å². The van der Waals surface area contributed by atoms with Crippen molar-refractivity contribution < 1.29 is 9.59 Å². The number of hydrogen-bond acceptors (Lipinski definition) is 3. The van der Waals surface area contributed by atoms with Crippen molar-refractivity contribution >= 4 is 11.8 Å². The molecule has 2 heterocycles. The van der Waals surface area contributed by atoms with Crippen molar-refractivity contribution in [2.45, 2.75) is 38.6 Å². The minimum atomic E-state index is 0.00422. The molecule has 0 aromatic carbocycles. The standard InChI is InChI=1S/C14H22N4O2/c1-11(19)16-12-5-8-18(9-6-12)14(20)4-3-13-15-7-10-17(13)2/h7,10,12H,3-6,8-9H2,1-2H3,(H,16,19). The van der Waals surface area contributed by atoms with Crippen LogP contribution in [-0.4, -0.2) is 45.4 Å². The van der Waals surface area contributed by atoms with E-state index in [2.05, 4.69) is 10.3 Å². The Morgan fingerprint density at radius 1 is 1.40 bits per heavy atom. The molecule has 0 aliphatic carbocycles. The number of aryl methyl sites for hydroxylation is 2. The molecule has 1 aliphatic heterocycles. The van der Waals surface area contributed by atoms with Gasteiger partial charge < -0.3 is 14.8 Å². The van der Waals surface area contributed by atoms with E-state index in [4.69, 9.17) is 0 Å². The van der Waals surface area contributed by atoms with Crippen LogP contribution in [0.2, 0.25) is 0 Å². The molecule has 0 saturated carbocycles. The number of nitrogens with zero attached hydrogens (tertiary/aromatic N) is 3. The summed E-state index contributed by atoms with van der Waals surface area (Å²) in [4.78, 5) is 29.2. The molecule has 2 rings (SSSR count). The fraction of sp³-hybridized carbons (Fsp3) is 0.643. The van der Waals surface area contributed by atoms with E-state index in [9.17, 15) is 9.59 Å². The fourth-order valence-electron chi connectivity index (χ4n) is 2.57. The third-order valence-corrected chi connectivity index (χ3v) is 3.74. The Morgan fingerprint density at radius 2 is 2.10 bits per heavy atom. The van der Waals surface area contributed by atoms with Gasteiger partial charge in [0.15, 0.2) is 0 Å². The van der Waals surface area contributed by atoms with E-state index in [1.165, 1.54) is 6.92 Å². The molecule has 2 amide bonds. The van der Waals surface area contributed by atoms with E-state index in [1.54, 1.807) is 6.20 Å². The average molecular weight is 278 g/mol. The van der Waals surface area contributed by atoms with Gasteiger partial charge in [0, 0.05) is 58.3 Å². The zero-order chi connectivity index (χ0) is 14.5. The number of carbonyl (C=O) groups is 2. The first-order valence-electron chi connectivity index (χ1n) is 7.07. The van der Waals surface area contributed by atoms with Crippen molar-refractivity contribution in [1.82, 2.24) is 19.8 Å². The summed E-state index contributed by atoms with van der Waals surface area (Å²) in [5.74, 6) is 1.12. The summed E-state index contributed by atoms with van der Waals surface area (Å²) < 4.78 is 1.94. The van der Waals surface area contributed by atoms with Crippen molar-refractivity contribution in [2.24, 2.45) is 7.05 Å². The van der Waals surface area contributed by atoms with Gasteiger partial charge in [-0.25, -0.2) is 4.98 Å². The molecule has 1 aromatic rings. The van der Waals surface area contributed by atoms with Crippen molar-refractivity contribution in [2.75, 3.05) is 13.1 Å². The number of piperidine rings is 1. The first-order valence-corrected chi connectivity index (χ1v) is 7.07. The Morgan fingerprint density at radius 3 is 2.65 bits per heavy atom. The Labute approximate surface area is 119 Å². The van der Waals surface area contributed by atoms with Gasteiger partial charge in [-0.05, 0) is 12.8 Å². The third kappa shape index (κ3) is 3.82. The van der Waals surface area contributed by atoms with E-state index in [1.807, 2.05) is 22.7 Å². The smallest absolute Gasteiger partial charge is 0.223 e. The maximum Gasteiger partial charge on any atom is 0.223 e. The quantitative estimate of drug-likeness (QED) is 0.871. The minimum Gasteiger partial charge on any atom is -0.353 e. The van der Waals surface area contributed by atoms with Crippen LogP contribution in [0.5, 0.6) is 0 Å². The summed E-state index contributed by atoms with van der Waals surface area (Å²) in [7, 11) is 1.94. The Kier molecular flexibility index (Phi) is 4.76. The van der Waals surface area contributed by atoms with E-state index in [0.717, 1.165) is 31.8 Å². The van der Waals surface area contributed by atoms with Crippen LogP contribution in [0.15, 0.2) is 12.4 Å². The highest BCUT2D eigenvalue weighted by atomic mass is 16.2. The summed E-state index contributed by atoms with van der Waals surface area (Å²) in [5, 5.41) is 2.91. The van der Waals surface area contributed by atoms with Crippen LogP contribution in [0.25, 0.3) is 0 Å². The third-order valence-electron chi connectivity index (χ3n) is 3.74. The summed E-state index contributed by atoms with van der Waals surface area (Å²) >= 11 is 0. The second kappa shape index (κ2) is 6.54. The second-order valence-electron chi connectivity index (χ2n) is 5.31. The largest absolute Gasteiger partial charge is 0.353 e. The van der Waals surface area contributed by atoms with Crippen LogP contribution in [0.4, 0.5) is 0 Å². The molecule has 1 aromatic heterocycles. The number of aromatic nitrogens is 2. The van der Waals surface area contributed by atoms with Crippen LogP contribution in [0.1, 0.15) is 32.0 Å². The van der Waals surface area contributed by atoms with E-state index >= 15 is 0 Å². The summed E-state index contributed by atoms with van der Waals surface area (Å²) in [6.45, 7) is 2.99. The number of rotatable bonds is 4. The molecule has 110 valence electrons. The molecule has 20 heavy (non-hydrogen) atoms. The number of carbonyl (C=O) groups excluding carboxylic acids is 2. The van der Waals surface area contributed by atoms with Crippen LogP contribution >= 0.6 is 0 Å². The number of amides is 2. The lowest BCUT2D eigenvalue weighted by atomic mass is 10.0. The average Bonchev–Trinajstić information content (AvgIpc) is 2.82. The normalized spacial score (nSPS) is 16.2. The van der Waals surface area contributed by atoms with Crippen molar-refractivity contribution in [3.63, 3.8) is 0 Å². The molecule has 0 bridgehead atoms. The van der Waals surface area contributed by atoms with Gasteiger partial charge in [-0.15, -0.1) is 0 Å². The highest BCUT2D eigenvalue weighted by Crippen LogP contribution is 2.12. The van der Waals surface area contributed by atoms with E-state index in [-0.39, 0.29) is 17.9 Å². The van der Waals surface area contributed by atoms with Gasteiger partial charge in [0.1, 0.15) is 5.82 Å². The molecule has 0 radical (unpaired) electrons. The van der Waals surface area contributed by atoms with Crippen molar-refractivity contribution in [3.8, 4) is 0 Å². The number of nitrogens with one attached hydrogen (secondary N) is 1. The molecule has 1 N–H and O–H groups in total. The summed E-state index contributed by atoms with van der Waals surface area (Å²) in [6.07, 6.45) is 6.49. The molecular weight excluding hydrogens is 256 g/mol. The first kappa shape index (κ1) is 14.6. The van der Waals surface area contributed by atoms with Gasteiger partial charge in [-0.2, -0.15) is 0 Å². The Bertz CT molecular complexity index is 475. The molecule has 6 heteroatoms. The lowest BCUT2D eigenvalue weighted by Crippen LogP contribution is -2.46. The topological polar surface area (TPSA) is 67.2 Å². The molecule has 0 atom stereocenters. The van der Waals surface area contributed by atoms with Gasteiger partial charge in [0.05, 0.1) is 0 Å².